The molecular weight excluding hydrogens is 252 g/mol. The molecule has 0 aliphatic rings. The van der Waals surface area contributed by atoms with E-state index in [2.05, 4.69) is 10.2 Å². The number of alkyl halides is 1. The first kappa shape index (κ1) is 12.9. The highest BCUT2D eigenvalue weighted by Crippen LogP contribution is 2.18. The van der Waals surface area contributed by atoms with Crippen LogP contribution in [0.15, 0.2) is 24.3 Å². The highest BCUT2D eigenvalue weighted by atomic mass is 35.5. The molecule has 0 aliphatic carbocycles. The normalized spacial score (nSPS) is 10.6. The summed E-state index contributed by atoms with van der Waals surface area (Å²) in [6.45, 7) is 2.91. The fourth-order valence-electron chi connectivity index (χ4n) is 1.73. The summed E-state index contributed by atoms with van der Waals surface area (Å²) >= 11 is 5.84. The Bertz CT molecular complexity index is 488. The summed E-state index contributed by atoms with van der Waals surface area (Å²) < 4.78 is 7.26. The van der Waals surface area contributed by atoms with E-state index in [1.807, 2.05) is 35.8 Å². The third-order valence-corrected chi connectivity index (χ3v) is 2.74. The van der Waals surface area contributed by atoms with Gasteiger partial charge in [-0.15, -0.1) is 21.8 Å². The van der Waals surface area contributed by atoms with Gasteiger partial charge in [0, 0.05) is 5.69 Å². The molecule has 0 radical (unpaired) electrons. The molecule has 96 valence electrons. The molecule has 1 heterocycles. The third-order valence-electron chi connectivity index (χ3n) is 2.51. The van der Waals surface area contributed by atoms with Crippen molar-refractivity contribution < 1.29 is 4.74 Å². The lowest BCUT2D eigenvalue weighted by atomic mass is 10.3. The Morgan fingerprint density at radius 2 is 1.89 bits per heavy atom. The molecule has 0 bridgehead atoms. The van der Waals surface area contributed by atoms with E-state index in [1.165, 1.54) is 0 Å². The zero-order valence-electron chi connectivity index (χ0n) is 10.1. The van der Waals surface area contributed by atoms with Crippen molar-refractivity contribution in [2.75, 3.05) is 6.61 Å². The molecule has 0 saturated heterocycles. The van der Waals surface area contributed by atoms with Crippen molar-refractivity contribution in [3.63, 3.8) is 0 Å². The monoisotopic (exact) mass is 266 g/mol. The number of ether oxygens (including phenoxy) is 1. The molecule has 2 aromatic rings. The van der Waals surface area contributed by atoms with Crippen molar-refractivity contribution in [1.29, 1.82) is 0 Å². The average Bonchev–Trinajstić information content (AvgIpc) is 2.83. The maximum Gasteiger partial charge on any atom is 0.152 e. The summed E-state index contributed by atoms with van der Waals surface area (Å²) in [4.78, 5) is 0. The standard InChI is InChI=1S/C12H15ClN4O/c1-2-18-10-5-3-9(4-6-10)17-11(7-13)15-16-12(17)8-14/h3-6H,2,7-8,14H2,1H3. The Labute approximate surface area is 111 Å². The van der Waals surface area contributed by atoms with Crippen LogP contribution >= 0.6 is 11.6 Å². The van der Waals surface area contributed by atoms with E-state index in [0.29, 0.717) is 30.7 Å². The first-order valence-corrected chi connectivity index (χ1v) is 6.26. The van der Waals surface area contributed by atoms with Crippen molar-refractivity contribution in [3.05, 3.63) is 35.9 Å². The smallest absolute Gasteiger partial charge is 0.152 e. The highest BCUT2D eigenvalue weighted by Gasteiger charge is 2.11. The molecule has 0 saturated carbocycles. The molecule has 0 fully saturated rings. The Balaban J connectivity index is 2.38. The lowest BCUT2D eigenvalue weighted by Gasteiger charge is -2.09. The number of aromatic nitrogens is 3. The van der Waals surface area contributed by atoms with Crippen molar-refractivity contribution in [3.8, 4) is 11.4 Å². The third kappa shape index (κ3) is 2.47. The molecule has 18 heavy (non-hydrogen) atoms. The van der Waals surface area contributed by atoms with Crippen LogP contribution in [0.4, 0.5) is 0 Å². The largest absolute Gasteiger partial charge is 0.494 e. The summed E-state index contributed by atoms with van der Waals surface area (Å²) in [5.74, 6) is 2.49. The molecule has 0 amide bonds. The van der Waals surface area contributed by atoms with Gasteiger partial charge in [0.1, 0.15) is 5.75 Å². The van der Waals surface area contributed by atoms with Crippen molar-refractivity contribution in [2.45, 2.75) is 19.3 Å². The van der Waals surface area contributed by atoms with Crippen molar-refractivity contribution in [1.82, 2.24) is 14.8 Å². The minimum absolute atomic E-state index is 0.292. The van der Waals surface area contributed by atoms with Gasteiger partial charge < -0.3 is 10.5 Å². The van der Waals surface area contributed by atoms with E-state index < -0.39 is 0 Å². The van der Waals surface area contributed by atoms with E-state index in [0.717, 1.165) is 11.4 Å². The summed E-state index contributed by atoms with van der Waals surface area (Å²) in [6.07, 6.45) is 0. The van der Waals surface area contributed by atoms with Crippen molar-refractivity contribution >= 4 is 11.6 Å². The summed E-state index contributed by atoms with van der Waals surface area (Å²) in [7, 11) is 0. The second-order valence-electron chi connectivity index (χ2n) is 3.63. The predicted molar refractivity (Wildman–Crippen MR) is 70.0 cm³/mol. The second kappa shape index (κ2) is 5.84. The van der Waals surface area contributed by atoms with Gasteiger partial charge in [0.25, 0.3) is 0 Å². The van der Waals surface area contributed by atoms with E-state index in [-0.39, 0.29) is 0 Å². The van der Waals surface area contributed by atoms with Crippen LogP contribution in [-0.4, -0.2) is 21.4 Å². The van der Waals surface area contributed by atoms with E-state index in [1.54, 1.807) is 0 Å². The van der Waals surface area contributed by atoms with Gasteiger partial charge in [-0.05, 0) is 31.2 Å². The van der Waals surface area contributed by atoms with Crippen LogP contribution < -0.4 is 10.5 Å². The first-order chi connectivity index (χ1) is 8.80. The summed E-state index contributed by atoms with van der Waals surface area (Å²) in [5.41, 5.74) is 6.57. The van der Waals surface area contributed by atoms with E-state index in [9.17, 15) is 0 Å². The summed E-state index contributed by atoms with van der Waals surface area (Å²) in [6, 6.07) is 7.67. The number of hydrogen-bond donors (Lipinski definition) is 1. The zero-order valence-corrected chi connectivity index (χ0v) is 10.9. The maximum absolute atomic E-state index is 5.84. The molecule has 0 unspecified atom stereocenters. The van der Waals surface area contributed by atoms with Crippen LogP contribution in [0.1, 0.15) is 18.6 Å². The maximum atomic E-state index is 5.84. The van der Waals surface area contributed by atoms with Gasteiger partial charge in [-0.3, -0.25) is 4.57 Å². The SMILES string of the molecule is CCOc1ccc(-n2c(CN)nnc2CCl)cc1. The minimum atomic E-state index is 0.292. The number of rotatable bonds is 5. The molecule has 0 aliphatic heterocycles. The van der Waals surface area contributed by atoms with Gasteiger partial charge in [0.2, 0.25) is 0 Å². The van der Waals surface area contributed by atoms with Crippen LogP contribution in [0.5, 0.6) is 5.75 Å². The second-order valence-corrected chi connectivity index (χ2v) is 3.90. The predicted octanol–water partition coefficient (Wildman–Crippen LogP) is 1.86. The molecule has 6 heteroatoms. The lowest BCUT2D eigenvalue weighted by molar-refractivity contribution is 0.340. The quantitative estimate of drug-likeness (QED) is 0.839. The first-order valence-electron chi connectivity index (χ1n) is 5.72. The molecular formula is C12H15ClN4O. The Morgan fingerprint density at radius 1 is 1.22 bits per heavy atom. The van der Waals surface area contributed by atoms with Gasteiger partial charge in [-0.1, -0.05) is 0 Å². The molecule has 0 atom stereocenters. The van der Waals surface area contributed by atoms with Crippen LogP contribution in [0.2, 0.25) is 0 Å². The Kier molecular flexibility index (Phi) is 4.17. The molecule has 1 aromatic heterocycles. The number of nitrogens with two attached hydrogens (primary N) is 1. The minimum Gasteiger partial charge on any atom is -0.494 e. The van der Waals surface area contributed by atoms with Crippen LogP contribution in [0, 0.1) is 0 Å². The van der Waals surface area contributed by atoms with Crippen LogP contribution in [-0.2, 0) is 12.4 Å². The average molecular weight is 267 g/mol. The molecule has 2 N–H and O–H groups in total. The van der Waals surface area contributed by atoms with Gasteiger partial charge in [0.15, 0.2) is 11.6 Å². The molecule has 5 nitrogen and oxygen atoms in total. The topological polar surface area (TPSA) is 66.0 Å². The van der Waals surface area contributed by atoms with Crippen LogP contribution in [0.25, 0.3) is 5.69 Å². The Hall–Kier alpha value is -1.59. The number of benzene rings is 1. The van der Waals surface area contributed by atoms with Crippen molar-refractivity contribution in [2.24, 2.45) is 5.73 Å². The molecule has 2 rings (SSSR count). The zero-order chi connectivity index (χ0) is 13.0. The van der Waals surface area contributed by atoms with E-state index in [4.69, 9.17) is 22.1 Å². The van der Waals surface area contributed by atoms with Gasteiger partial charge in [0.05, 0.1) is 19.0 Å². The number of halogens is 1. The Morgan fingerprint density at radius 3 is 2.44 bits per heavy atom. The highest BCUT2D eigenvalue weighted by molar-refractivity contribution is 6.16. The number of hydrogen-bond acceptors (Lipinski definition) is 4. The fourth-order valence-corrected chi connectivity index (χ4v) is 1.90. The molecule has 1 aromatic carbocycles. The van der Waals surface area contributed by atoms with Crippen LogP contribution in [0.3, 0.4) is 0 Å². The number of nitrogens with zero attached hydrogens (tertiary/aromatic N) is 3. The lowest BCUT2D eigenvalue weighted by Crippen LogP contribution is -2.08. The van der Waals surface area contributed by atoms with Gasteiger partial charge in [-0.2, -0.15) is 0 Å². The molecule has 0 spiro atoms. The fraction of sp³-hybridized carbons (Fsp3) is 0.333. The van der Waals surface area contributed by atoms with Gasteiger partial charge in [-0.25, -0.2) is 0 Å². The van der Waals surface area contributed by atoms with E-state index >= 15 is 0 Å². The summed E-state index contributed by atoms with van der Waals surface area (Å²) in [5, 5.41) is 8.02. The van der Waals surface area contributed by atoms with Gasteiger partial charge >= 0.3 is 0 Å².